The van der Waals surface area contributed by atoms with Crippen molar-refractivity contribution in [3.63, 3.8) is 0 Å². The van der Waals surface area contributed by atoms with Gasteiger partial charge in [0.2, 0.25) is 0 Å². The summed E-state index contributed by atoms with van der Waals surface area (Å²) in [7, 11) is 0. The Balaban J connectivity index is 1.66. The molecule has 1 aromatic heterocycles. The molecule has 40 heavy (non-hydrogen) atoms. The number of carbonyl (C=O) groups excluding carboxylic acids is 1. The van der Waals surface area contributed by atoms with E-state index in [9.17, 15) is 15.0 Å². The molecule has 0 saturated carbocycles. The first kappa shape index (κ1) is 29.2. The van der Waals surface area contributed by atoms with Gasteiger partial charge in [-0.05, 0) is 55.5 Å². The zero-order valence-electron chi connectivity index (χ0n) is 23.9. The first-order chi connectivity index (χ1) is 19.2. The smallest absolute Gasteiger partial charge is 0.251 e. The summed E-state index contributed by atoms with van der Waals surface area (Å²) in [6.07, 6.45) is 0.743. The van der Waals surface area contributed by atoms with E-state index >= 15 is 0 Å². The zero-order chi connectivity index (χ0) is 28.8. The molecule has 2 aromatic carbocycles. The first-order valence-corrected chi connectivity index (χ1v) is 13.8. The van der Waals surface area contributed by atoms with Crippen LogP contribution in [-0.2, 0) is 16.1 Å². The lowest BCUT2D eigenvalue weighted by Gasteiger charge is -2.43. The lowest BCUT2D eigenvalue weighted by molar-refractivity contribution is -0.145. The van der Waals surface area contributed by atoms with E-state index < -0.39 is 6.10 Å². The van der Waals surface area contributed by atoms with Crippen LogP contribution < -0.4 is 4.90 Å². The monoisotopic (exact) mass is 544 g/mol. The maximum Gasteiger partial charge on any atom is 0.251 e. The van der Waals surface area contributed by atoms with Crippen molar-refractivity contribution in [2.45, 2.75) is 52.9 Å². The van der Waals surface area contributed by atoms with Crippen molar-refractivity contribution >= 4 is 28.2 Å². The Kier molecular flexibility index (Phi) is 9.55. The minimum Gasteiger partial charge on any atom is -0.508 e. The standard InChI is InChI=1S/C32H40N4O4/c1-6-28(37)23(5)30-33-27-17-22(4)12-13-26(27)31(34-30)35-14-15-36(32(39)29(38)16-21(2)3)25(18-35)20-40-19-24-10-8-7-9-11-24/h6-13,17,21,25,29,37-38H,1,14-16,18-20H2,2-5H3/b28-23-/t25-,29-/m1/s1. The van der Waals surface area contributed by atoms with Gasteiger partial charge in [-0.15, -0.1) is 0 Å². The van der Waals surface area contributed by atoms with E-state index in [1.807, 2.05) is 69.3 Å². The fourth-order valence-corrected chi connectivity index (χ4v) is 5.01. The molecule has 1 saturated heterocycles. The molecule has 1 amide bonds. The third-order valence-electron chi connectivity index (χ3n) is 7.21. The van der Waals surface area contributed by atoms with E-state index in [2.05, 4.69) is 11.5 Å². The Morgan fingerprint density at radius 3 is 2.62 bits per heavy atom. The van der Waals surface area contributed by atoms with Crippen molar-refractivity contribution in [3.8, 4) is 0 Å². The van der Waals surface area contributed by atoms with Gasteiger partial charge in [0.1, 0.15) is 17.7 Å². The molecule has 2 heterocycles. The van der Waals surface area contributed by atoms with Crippen LogP contribution in [0.4, 0.5) is 5.82 Å². The fraction of sp³-hybridized carbons (Fsp3) is 0.406. The van der Waals surface area contributed by atoms with Crippen molar-refractivity contribution < 1.29 is 19.7 Å². The third kappa shape index (κ3) is 6.87. The lowest BCUT2D eigenvalue weighted by Crippen LogP contribution is -2.59. The Morgan fingerprint density at radius 2 is 1.93 bits per heavy atom. The van der Waals surface area contributed by atoms with Gasteiger partial charge in [-0.2, -0.15) is 0 Å². The molecule has 8 heteroatoms. The molecular formula is C32H40N4O4. The van der Waals surface area contributed by atoms with Gasteiger partial charge in [-0.3, -0.25) is 4.79 Å². The van der Waals surface area contributed by atoms with Crippen LogP contribution in [0, 0.1) is 12.8 Å². The molecule has 2 N–H and O–H groups in total. The molecule has 4 rings (SSSR count). The predicted octanol–water partition coefficient (Wildman–Crippen LogP) is 5.05. The predicted molar refractivity (Wildman–Crippen MR) is 159 cm³/mol. The van der Waals surface area contributed by atoms with Gasteiger partial charge in [0.05, 0.1) is 24.8 Å². The number of fused-ring (bicyclic) bond motifs is 1. The van der Waals surface area contributed by atoms with Gasteiger partial charge in [-0.1, -0.05) is 56.8 Å². The van der Waals surface area contributed by atoms with Crippen molar-refractivity contribution in [1.82, 2.24) is 14.9 Å². The van der Waals surface area contributed by atoms with Gasteiger partial charge < -0.3 is 24.7 Å². The second kappa shape index (κ2) is 13.1. The topological polar surface area (TPSA) is 99.0 Å². The Hall–Kier alpha value is -3.75. The highest BCUT2D eigenvalue weighted by Crippen LogP contribution is 2.30. The van der Waals surface area contributed by atoms with E-state index in [0.717, 1.165) is 27.8 Å². The Morgan fingerprint density at radius 1 is 1.18 bits per heavy atom. The number of anilines is 1. The number of amides is 1. The highest BCUT2D eigenvalue weighted by molar-refractivity contribution is 5.91. The second-order valence-corrected chi connectivity index (χ2v) is 10.9. The average Bonchev–Trinajstić information content (AvgIpc) is 2.95. The van der Waals surface area contributed by atoms with Crippen molar-refractivity contribution in [3.05, 3.63) is 83.9 Å². The van der Waals surface area contributed by atoms with Gasteiger partial charge in [0.15, 0.2) is 5.82 Å². The normalized spacial score (nSPS) is 17.2. The number of nitrogens with zero attached hydrogens (tertiary/aromatic N) is 4. The van der Waals surface area contributed by atoms with Crippen LogP contribution in [0.3, 0.4) is 0 Å². The van der Waals surface area contributed by atoms with Crippen LogP contribution in [0.15, 0.2) is 66.9 Å². The summed E-state index contributed by atoms with van der Waals surface area (Å²) in [4.78, 5) is 26.9. The molecule has 3 aromatic rings. The maximum atomic E-state index is 13.4. The number of hydrogen-bond acceptors (Lipinski definition) is 7. The summed E-state index contributed by atoms with van der Waals surface area (Å²) in [6.45, 7) is 13.6. The number of benzene rings is 2. The number of aliphatic hydroxyl groups excluding tert-OH is 2. The van der Waals surface area contributed by atoms with E-state index in [4.69, 9.17) is 14.7 Å². The van der Waals surface area contributed by atoms with Crippen molar-refractivity contribution in [1.29, 1.82) is 0 Å². The largest absolute Gasteiger partial charge is 0.508 e. The van der Waals surface area contributed by atoms with E-state index in [1.54, 1.807) is 11.8 Å². The summed E-state index contributed by atoms with van der Waals surface area (Å²) in [5.74, 6) is 1.12. The number of hydrogen-bond donors (Lipinski definition) is 2. The number of rotatable bonds is 10. The van der Waals surface area contributed by atoms with Crippen LogP contribution in [0.2, 0.25) is 0 Å². The SMILES string of the molecule is C=C/C(O)=C(\C)c1nc(N2CCN(C(=O)[C@H](O)CC(C)C)[C@@H](COCc3ccccc3)C2)c2ccc(C)cc2n1. The number of carbonyl (C=O) groups is 1. The molecule has 0 unspecified atom stereocenters. The Bertz CT molecular complexity index is 1370. The third-order valence-corrected chi connectivity index (χ3v) is 7.21. The van der Waals surface area contributed by atoms with Crippen LogP contribution in [0.1, 0.15) is 44.1 Å². The number of aromatic nitrogens is 2. The second-order valence-electron chi connectivity index (χ2n) is 10.9. The van der Waals surface area contributed by atoms with Crippen LogP contribution in [-0.4, -0.2) is 69.4 Å². The van der Waals surface area contributed by atoms with Crippen LogP contribution in [0.5, 0.6) is 0 Å². The number of piperazine rings is 1. The molecular weight excluding hydrogens is 504 g/mol. The summed E-state index contributed by atoms with van der Waals surface area (Å²) in [6, 6.07) is 15.7. The number of aryl methyl sites for hydroxylation is 1. The Labute approximate surface area is 236 Å². The van der Waals surface area contributed by atoms with Gasteiger partial charge in [0, 0.05) is 30.6 Å². The first-order valence-electron chi connectivity index (χ1n) is 13.8. The molecule has 212 valence electrons. The molecule has 8 nitrogen and oxygen atoms in total. The van der Waals surface area contributed by atoms with Gasteiger partial charge in [-0.25, -0.2) is 9.97 Å². The molecule has 0 bridgehead atoms. The van der Waals surface area contributed by atoms with E-state index in [-0.39, 0.29) is 23.6 Å². The molecule has 1 aliphatic heterocycles. The summed E-state index contributed by atoms with van der Waals surface area (Å²) < 4.78 is 6.11. The highest BCUT2D eigenvalue weighted by atomic mass is 16.5. The average molecular weight is 545 g/mol. The van der Waals surface area contributed by atoms with Gasteiger partial charge in [0.25, 0.3) is 5.91 Å². The van der Waals surface area contributed by atoms with Crippen LogP contribution >= 0.6 is 0 Å². The van der Waals surface area contributed by atoms with E-state index in [1.165, 1.54) is 6.08 Å². The minimum atomic E-state index is -1.05. The number of aliphatic hydroxyl groups is 2. The molecule has 0 spiro atoms. The molecule has 2 atom stereocenters. The highest BCUT2D eigenvalue weighted by Gasteiger charge is 2.35. The summed E-state index contributed by atoms with van der Waals surface area (Å²) in [5, 5.41) is 21.9. The molecule has 1 fully saturated rings. The maximum absolute atomic E-state index is 13.4. The molecule has 1 aliphatic rings. The molecule has 0 radical (unpaired) electrons. The number of allylic oxidation sites excluding steroid dienone is 2. The van der Waals surface area contributed by atoms with Gasteiger partial charge >= 0.3 is 0 Å². The summed E-state index contributed by atoms with van der Waals surface area (Å²) in [5.41, 5.74) is 3.44. The van der Waals surface area contributed by atoms with Crippen molar-refractivity contribution in [2.75, 3.05) is 31.1 Å². The number of ether oxygens (including phenoxy) is 1. The van der Waals surface area contributed by atoms with Crippen LogP contribution in [0.25, 0.3) is 16.5 Å². The van der Waals surface area contributed by atoms with Crippen molar-refractivity contribution in [2.24, 2.45) is 5.92 Å². The molecule has 0 aliphatic carbocycles. The fourth-order valence-electron chi connectivity index (χ4n) is 5.01. The summed E-state index contributed by atoms with van der Waals surface area (Å²) >= 11 is 0. The quantitative estimate of drug-likeness (QED) is 0.272. The lowest BCUT2D eigenvalue weighted by atomic mass is 10.0. The zero-order valence-corrected chi connectivity index (χ0v) is 23.9. The minimum absolute atomic E-state index is 0.0275. The van der Waals surface area contributed by atoms with E-state index in [0.29, 0.717) is 50.7 Å².